The van der Waals surface area contributed by atoms with Gasteiger partial charge in [-0.2, -0.15) is 0 Å². The van der Waals surface area contributed by atoms with Crippen LogP contribution in [0.15, 0.2) is 35.9 Å². The van der Waals surface area contributed by atoms with Gasteiger partial charge in [0.25, 0.3) is 0 Å². The molecule has 0 amide bonds. The van der Waals surface area contributed by atoms with Crippen molar-refractivity contribution in [2.75, 3.05) is 6.54 Å². The van der Waals surface area contributed by atoms with Gasteiger partial charge in [0.2, 0.25) is 0 Å². The lowest BCUT2D eigenvalue weighted by molar-refractivity contribution is -0.142. The molecule has 0 bridgehead atoms. The molecule has 0 spiro atoms. The minimum atomic E-state index is -0.323. The first kappa shape index (κ1) is 15.4. The van der Waals surface area contributed by atoms with Gasteiger partial charge in [-0.15, -0.1) is 0 Å². The second kappa shape index (κ2) is 7.69. The van der Waals surface area contributed by atoms with Crippen LogP contribution in [0.2, 0.25) is 0 Å². The van der Waals surface area contributed by atoms with E-state index in [9.17, 15) is 9.18 Å². The van der Waals surface area contributed by atoms with Gasteiger partial charge >= 0.3 is 5.97 Å². The van der Waals surface area contributed by atoms with Gasteiger partial charge in [0, 0.05) is 19.2 Å². The van der Waals surface area contributed by atoms with Gasteiger partial charge in [0.15, 0.2) is 0 Å². The summed E-state index contributed by atoms with van der Waals surface area (Å²) in [5, 5.41) is 3.16. The number of ether oxygens (including phenoxy) is 1. The average Bonchev–Trinajstić information content (AvgIpc) is 2.30. The summed E-state index contributed by atoms with van der Waals surface area (Å²) in [6.07, 6.45) is 1.26. The van der Waals surface area contributed by atoms with E-state index in [1.54, 1.807) is 12.1 Å². The van der Waals surface area contributed by atoms with Crippen molar-refractivity contribution < 1.29 is 13.9 Å². The Morgan fingerprint density at radius 2 is 2.00 bits per heavy atom. The van der Waals surface area contributed by atoms with Crippen LogP contribution in [-0.2, 0) is 16.1 Å². The second-order valence-corrected chi connectivity index (χ2v) is 4.73. The second-order valence-electron chi connectivity index (χ2n) is 4.73. The van der Waals surface area contributed by atoms with Crippen molar-refractivity contribution in [1.82, 2.24) is 5.32 Å². The maximum absolute atomic E-state index is 12.7. The Morgan fingerprint density at radius 3 is 2.58 bits per heavy atom. The summed E-state index contributed by atoms with van der Waals surface area (Å²) in [7, 11) is 0. The van der Waals surface area contributed by atoms with E-state index in [4.69, 9.17) is 4.74 Å². The minimum absolute atomic E-state index is 0.205. The van der Waals surface area contributed by atoms with Crippen LogP contribution < -0.4 is 5.32 Å². The summed E-state index contributed by atoms with van der Waals surface area (Å²) in [6, 6.07) is 6.30. The molecule has 1 aromatic rings. The molecule has 0 saturated carbocycles. The molecule has 0 aliphatic carbocycles. The Morgan fingerprint density at radius 1 is 1.37 bits per heavy atom. The van der Waals surface area contributed by atoms with E-state index in [-0.39, 0.29) is 17.9 Å². The van der Waals surface area contributed by atoms with Gasteiger partial charge in [0.1, 0.15) is 11.9 Å². The Bertz CT molecular complexity index is 436. The zero-order valence-corrected chi connectivity index (χ0v) is 11.6. The predicted molar refractivity (Wildman–Crippen MR) is 73.1 cm³/mol. The van der Waals surface area contributed by atoms with Gasteiger partial charge in [0.05, 0.1) is 0 Å². The van der Waals surface area contributed by atoms with Crippen LogP contribution in [-0.4, -0.2) is 18.6 Å². The van der Waals surface area contributed by atoms with Gasteiger partial charge in [-0.1, -0.05) is 17.7 Å². The summed E-state index contributed by atoms with van der Waals surface area (Å²) in [4.78, 5) is 11.4. The monoisotopic (exact) mass is 265 g/mol. The summed E-state index contributed by atoms with van der Waals surface area (Å²) in [5.41, 5.74) is 1.90. The molecule has 0 fully saturated rings. The third-order valence-electron chi connectivity index (χ3n) is 2.40. The summed E-state index contributed by atoms with van der Waals surface area (Å²) in [6.45, 7) is 6.69. The number of esters is 1. The first-order valence-corrected chi connectivity index (χ1v) is 6.28. The predicted octanol–water partition coefficient (Wildman–Crippen LogP) is 2.81. The number of rotatable bonds is 6. The lowest BCUT2D eigenvalue weighted by Gasteiger charge is -2.13. The molecule has 1 unspecified atom stereocenters. The van der Waals surface area contributed by atoms with Crippen molar-refractivity contribution in [3.05, 3.63) is 47.3 Å². The fourth-order valence-corrected chi connectivity index (χ4v) is 1.53. The highest BCUT2D eigenvalue weighted by atomic mass is 19.1. The van der Waals surface area contributed by atoms with Crippen LogP contribution in [0.5, 0.6) is 0 Å². The summed E-state index contributed by atoms with van der Waals surface area (Å²) < 4.78 is 17.9. The molecule has 1 rings (SSSR count). The maximum atomic E-state index is 12.7. The van der Waals surface area contributed by atoms with E-state index in [2.05, 4.69) is 5.32 Å². The zero-order chi connectivity index (χ0) is 14.3. The third-order valence-corrected chi connectivity index (χ3v) is 2.40. The van der Waals surface area contributed by atoms with Crippen LogP contribution in [0.4, 0.5) is 4.39 Å². The van der Waals surface area contributed by atoms with Gasteiger partial charge in [-0.3, -0.25) is 0 Å². The Balaban J connectivity index is 2.27. The van der Waals surface area contributed by atoms with Crippen molar-refractivity contribution in [3.63, 3.8) is 0 Å². The molecule has 1 atom stereocenters. The fourth-order valence-electron chi connectivity index (χ4n) is 1.53. The maximum Gasteiger partial charge on any atom is 0.330 e. The molecule has 1 aromatic carbocycles. The minimum Gasteiger partial charge on any atom is -0.458 e. The molecule has 0 aliphatic heterocycles. The highest BCUT2D eigenvalue weighted by Crippen LogP contribution is 2.02. The summed E-state index contributed by atoms with van der Waals surface area (Å²) in [5.74, 6) is -0.566. The molecule has 0 heterocycles. The van der Waals surface area contributed by atoms with Gasteiger partial charge in [-0.25, -0.2) is 9.18 Å². The number of allylic oxidation sites excluding steroid dienone is 1. The van der Waals surface area contributed by atoms with Crippen LogP contribution >= 0.6 is 0 Å². The smallest absolute Gasteiger partial charge is 0.330 e. The third kappa shape index (κ3) is 6.72. The highest BCUT2D eigenvalue weighted by molar-refractivity contribution is 5.82. The molecule has 0 radical (unpaired) electrons. The molecule has 0 aliphatic rings. The van der Waals surface area contributed by atoms with E-state index in [1.165, 1.54) is 18.2 Å². The van der Waals surface area contributed by atoms with Crippen molar-refractivity contribution in [3.8, 4) is 0 Å². The SMILES string of the molecule is CC(C)=CC(=O)OC(C)CNCc1ccc(F)cc1. The first-order valence-electron chi connectivity index (χ1n) is 6.28. The average molecular weight is 265 g/mol. The van der Waals surface area contributed by atoms with Crippen LogP contribution in [0.3, 0.4) is 0 Å². The van der Waals surface area contributed by atoms with E-state index in [0.717, 1.165) is 11.1 Å². The fraction of sp³-hybridized carbons (Fsp3) is 0.400. The van der Waals surface area contributed by atoms with Crippen molar-refractivity contribution in [2.45, 2.75) is 33.4 Å². The zero-order valence-electron chi connectivity index (χ0n) is 11.6. The van der Waals surface area contributed by atoms with E-state index in [0.29, 0.717) is 13.1 Å². The molecule has 0 aromatic heterocycles. The molecule has 1 N–H and O–H groups in total. The van der Waals surface area contributed by atoms with Crippen LogP contribution in [0, 0.1) is 5.82 Å². The highest BCUT2D eigenvalue weighted by Gasteiger charge is 2.06. The lowest BCUT2D eigenvalue weighted by atomic mass is 10.2. The van der Waals surface area contributed by atoms with Crippen molar-refractivity contribution >= 4 is 5.97 Å². The largest absolute Gasteiger partial charge is 0.458 e. The van der Waals surface area contributed by atoms with Crippen LogP contribution in [0.25, 0.3) is 0 Å². The van der Waals surface area contributed by atoms with E-state index >= 15 is 0 Å². The molecular weight excluding hydrogens is 245 g/mol. The van der Waals surface area contributed by atoms with Crippen molar-refractivity contribution in [2.24, 2.45) is 0 Å². The van der Waals surface area contributed by atoms with Gasteiger partial charge < -0.3 is 10.1 Å². The molecule has 4 heteroatoms. The lowest BCUT2D eigenvalue weighted by Crippen LogP contribution is -2.28. The topological polar surface area (TPSA) is 38.3 Å². The Kier molecular flexibility index (Phi) is 6.22. The molecule has 3 nitrogen and oxygen atoms in total. The van der Waals surface area contributed by atoms with Gasteiger partial charge in [-0.05, 0) is 38.5 Å². The molecule has 104 valence electrons. The number of halogens is 1. The Labute approximate surface area is 113 Å². The van der Waals surface area contributed by atoms with Crippen LogP contribution in [0.1, 0.15) is 26.3 Å². The Hall–Kier alpha value is -1.68. The number of hydrogen-bond acceptors (Lipinski definition) is 3. The van der Waals surface area contributed by atoms with E-state index in [1.807, 2.05) is 20.8 Å². The molecular formula is C15H20FNO2. The normalized spacial score (nSPS) is 11.8. The first-order chi connectivity index (χ1) is 8.97. The molecule has 0 saturated heterocycles. The van der Waals surface area contributed by atoms with Crippen molar-refractivity contribution in [1.29, 1.82) is 0 Å². The number of benzene rings is 1. The number of nitrogens with one attached hydrogen (secondary N) is 1. The van der Waals surface area contributed by atoms with E-state index < -0.39 is 0 Å². The number of hydrogen-bond donors (Lipinski definition) is 1. The quantitative estimate of drug-likeness (QED) is 0.635. The number of carbonyl (C=O) groups is 1. The standard InChI is InChI=1S/C15H20FNO2/c1-11(2)8-15(18)19-12(3)9-17-10-13-4-6-14(16)7-5-13/h4-8,12,17H,9-10H2,1-3H3. The molecule has 19 heavy (non-hydrogen) atoms. The summed E-state index contributed by atoms with van der Waals surface area (Å²) >= 11 is 0. The number of carbonyl (C=O) groups excluding carboxylic acids is 1.